The molecule has 1 amide bonds. The van der Waals surface area contributed by atoms with Gasteiger partial charge in [0.1, 0.15) is 34.1 Å². The Morgan fingerprint density at radius 2 is 0.875 bits per heavy atom. The zero-order valence-corrected chi connectivity index (χ0v) is 48.6. The van der Waals surface area contributed by atoms with E-state index < -0.39 is 0 Å². The number of thioether (sulfide) groups is 2. The van der Waals surface area contributed by atoms with E-state index in [0.29, 0.717) is 77.8 Å². The summed E-state index contributed by atoms with van der Waals surface area (Å²) in [6.45, 7) is 10.9. The number of nitrogens with zero attached hydrogens (tertiary/aromatic N) is 7. The molecule has 3 aromatic heterocycles. The summed E-state index contributed by atoms with van der Waals surface area (Å²) in [4.78, 5) is 60.8. The number of amides is 1. The highest BCUT2D eigenvalue weighted by Gasteiger charge is 2.27. The summed E-state index contributed by atoms with van der Waals surface area (Å²) in [5.41, 5.74) is 6.48. The summed E-state index contributed by atoms with van der Waals surface area (Å²) in [7, 11) is 0. The lowest BCUT2D eigenvalue weighted by Gasteiger charge is -2.18. The summed E-state index contributed by atoms with van der Waals surface area (Å²) >= 11 is 8.64. The first-order valence-corrected chi connectivity index (χ1v) is 31.5. The smallest absolute Gasteiger partial charge is 0.253 e. The van der Waals surface area contributed by atoms with Crippen molar-refractivity contribution in [1.82, 2.24) is 44.8 Å². The van der Waals surface area contributed by atoms with E-state index in [-0.39, 0.29) is 5.91 Å². The Kier molecular flexibility index (Phi) is 16.2. The Morgan fingerprint density at radius 1 is 0.450 bits per heavy atom. The molecule has 2 aliphatic rings. The van der Waals surface area contributed by atoms with Crippen molar-refractivity contribution in [3.8, 4) is 57.1 Å². The maximum absolute atomic E-state index is 13.3. The van der Waals surface area contributed by atoms with Crippen molar-refractivity contribution < 1.29 is 14.3 Å². The van der Waals surface area contributed by atoms with Gasteiger partial charge in [0, 0.05) is 103 Å². The van der Waals surface area contributed by atoms with Gasteiger partial charge in [-0.2, -0.15) is 23.5 Å². The van der Waals surface area contributed by atoms with Gasteiger partial charge in [-0.05, 0) is 116 Å². The molecular formula is C63H55N9O3S5. The number of nitrogens with one attached hydrogen (secondary N) is 2. The zero-order valence-electron chi connectivity index (χ0n) is 44.5. The SMILES string of the molecule is CCSCCOc1ccc(Sc2cccc3c2-c2nc-3nc3[nH]c(nc4nc(nc5[nH]c(n2)c2ccccc52)-c2cccc(Sc5ccc(C(=O)N(CC)CC)cc5)c2-4)c2cccc(Sc4ccc(OCCSCC)cc4)c32)cc1. The Morgan fingerprint density at radius 3 is 1.39 bits per heavy atom. The second-order valence-electron chi connectivity index (χ2n) is 18.5. The van der Waals surface area contributed by atoms with E-state index in [4.69, 9.17) is 39.4 Å². The van der Waals surface area contributed by atoms with Crippen molar-refractivity contribution >= 4 is 109 Å². The maximum Gasteiger partial charge on any atom is 0.253 e. The van der Waals surface area contributed by atoms with Crippen molar-refractivity contribution in [2.24, 2.45) is 0 Å². The van der Waals surface area contributed by atoms with Gasteiger partial charge in [0.25, 0.3) is 5.91 Å². The Labute approximate surface area is 485 Å². The Bertz CT molecular complexity index is 4090. The van der Waals surface area contributed by atoms with Crippen LogP contribution in [0.3, 0.4) is 0 Å². The van der Waals surface area contributed by atoms with Crippen molar-refractivity contribution in [3.05, 3.63) is 157 Å². The third-order valence-corrected chi connectivity index (χ3v) is 18.5. The van der Waals surface area contributed by atoms with Crippen molar-refractivity contribution in [2.75, 3.05) is 49.3 Å². The summed E-state index contributed by atoms with van der Waals surface area (Å²) in [6.07, 6.45) is 0. The first-order chi connectivity index (χ1) is 39.4. The lowest BCUT2D eigenvalue weighted by molar-refractivity contribution is 0.0773. The third-order valence-electron chi connectivity index (χ3n) is 13.6. The van der Waals surface area contributed by atoms with Gasteiger partial charge >= 0.3 is 0 Å². The van der Waals surface area contributed by atoms with Gasteiger partial charge in [0.15, 0.2) is 23.3 Å². The predicted octanol–water partition coefficient (Wildman–Crippen LogP) is 16.1. The highest BCUT2D eigenvalue weighted by Crippen LogP contribution is 2.46. The van der Waals surface area contributed by atoms with Gasteiger partial charge in [-0.15, -0.1) is 0 Å². The van der Waals surface area contributed by atoms with E-state index in [2.05, 4.69) is 109 Å². The van der Waals surface area contributed by atoms with E-state index >= 15 is 0 Å². The minimum atomic E-state index is 0.0158. The fourth-order valence-electron chi connectivity index (χ4n) is 9.72. The number of H-pyrrole nitrogens is 2. The van der Waals surface area contributed by atoms with E-state index in [1.807, 2.05) is 109 Å². The molecule has 2 aliphatic heterocycles. The first-order valence-electron chi connectivity index (χ1n) is 26.7. The van der Waals surface area contributed by atoms with Crippen LogP contribution in [0, 0.1) is 0 Å². The van der Waals surface area contributed by atoms with E-state index in [1.54, 1.807) is 35.3 Å². The minimum Gasteiger partial charge on any atom is -0.493 e. The lowest BCUT2D eigenvalue weighted by atomic mass is 10.1. The largest absolute Gasteiger partial charge is 0.493 e. The van der Waals surface area contributed by atoms with Gasteiger partial charge in [0.05, 0.1) is 13.2 Å². The first kappa shape index (κ1) is 53.4. The standard InChI is InChI=1S/C63H55N9O3S5/c1-5-72(6-2)63(73)38-22-28-41(29-23-38)78-49-19-11-16-46-52(49)61-67-57(46)65-55-44-14-9-10-15-45(44)56(64-55)66-60-53-47(17-12-20-50(53)79-42-30-24-39(25-31-42)74-34-36-76-7-3)58(68-60)70-62-54-48(59(69-61)71-62)18-13-21-51(54)80-43-32-26-40(27-33-43)75-35-37-77-8-4/h9-33H,5-8,34-37H2,1-4H3,(H2,64,65,66,67,68,69,70,71). The molecule has 0 saturated heterocycles. The molecule has 0 unspecified atom stereocenters. The number of hydrogen-bond donors (Lipinski definition) is 2. The van der Waals surface area contributed by atoms with Crippen LogP contribution in [0.2, 0.25) is 0 Å². The molecular weight excluding hydrogens is 1090 g/mol. The van der Waals surface area contributed by atoms with Gasteiger partial charge < -0.3 is 24.3 Å². The summed E-state index contributed by atoms with van der Waals surface area (Å²) in [5.74, 6) is 7.77. The number of hydrogen-bond acceptors (Lipinski definition) is 14. The van der Waals surface area contributed by atoms with Gasteiger partial charge in [-0.1, -0.05) is 110 Å². The molecule has 7 aromatic carbocycles. The fourth-order valence-corrected chi connectivity index (χ4v) is 13.6. The molecule has 12 nitrogen and oxygen atoms in total. The molecule has 400 valence electrons. The van der Waals surface area contributed by atoms with Crippen molar-refractivity contribution in [2.45, 2.75) is 57.1 Å². The number of carbonyl (C=O) groups excluding carboxylic acids is 1. The molecule has 0 aliphatic carbocycles. The number of aromatic amines is 2. The van der Waals surface area contributed by atoms with Gasteiger partial charge in [0.2, 0.25) is 0 Å². The summed E-state index contributed by atoms with van der Waals surface area (Å²) in [6, 6.07) is 51.2. The van der Waals surface area contributed by atoms with E-state index in [1.165, 1.54) is 0 Å². The number of fused-ring (bicyclic) bond motifs is 20. The van der Waals surface area contributed by atoms with Crippen LogP contribution in [0.4, 0.5) is 0 Å². The quantitative estimate of drug-likeness (QED) is 0.0740. The van der Waals surface area contributed by atoms with Crippen LogP contribution in [-0.2, 0) is 0 Å². The van der Waals surface area contributed by atoms with Crippen LogP contribution < -0.4 is 9.47 Å². The molecule has 5 heterocycles. The Balaban J connectivity index is 1.05. The van der Waals surface area contributed by atoms with Crippen molar-refractivity contribution in [1.29, 1.82) is 0 Å². The second kappa shape index (κ2) is 24.2. The molecule has 0 atom stereocenters. The van der Waals surface area contributed by atoms with Gasteiger partial charge in [-0.3, -0.25) is 4.79 Å². The van der Waals surface area contributed by atoms with Gasteiger partial charge in [-0.25, -0.2) is 29.9 Å². The predicted molar refractivity (Wildman–Crippen MR) is 332 cm³/mol. The molecule has 10 aromatic rings. The van der Waals surface area contributed by atoms with Crippen LogP contribution in [0.25, 0.3) is 89.7 Å². The molecule has 0 fully saturated rings. The monoisotopic (exact) mass is 1150 g/mol. The summed E-state index contributed by atoms with van der Waals surface area (Å²) in [5, 5.41) is 3.54. The number of aromatic nitrogens is 8. The third kappa shape index (κ3) is 11.1. The molecule has 12 rings (SSSR count). The zero-order chi connectivity index (χ0) is 54.5. The average molecular weight is 1150 g/mol. The number of benzene rings is 7. The fraction of sp³-hybridized carbons (Fsp3) is 0.190. The topological polar surface area (TPSA) is 148 Å². The number of carbonyl (C=O) groups is 1. The normalized spacial score (nSPS) is 11.7. The molecule has 17 heteroatoms. The van der Waals surface area contributed by atoms with Crippen LogP contribution in [0.1, 0.15) is 38.1 Å². The van der Waals surface area contributed by atoms with E-state index in [9.17, 15) is 4.79 Å². The second-order valence-corrected chi connectivity index (χ2v) is 24.7. The molecule has 0 spiro atoms. The van der Waals surface area contributed by atoms with E-state index in [0.717, 1.165) is 108 Å². The molecule has 0 radical (unpaired) electrons. The van der Waals surface area contributed by atoms with Crippen molar-refractivity contribution in [3.63, 3.8) is 0 Å². The highest BCUT2D eigenvalue weighted by atomic mass is 32.2. The van der Waals surface area contributed by atoms with Crippen LogP contribution >= 0.6 is 58.8 Å². The van der Waals surface area contributed by atoms with Crippen LogP contribution in [-0.4, -0.2) is 100.0 Å². The molecule has 0 saturated carbocycles. The minimum absolute atomic E-state index is 0.0158. The number of ether oxygens (including phenoxy) is 2. The lowest BCUT2D eigenvalue weighted by Crippen LogP contribution is -2.30. The molecule has 8 bridgehead atoms. The van der Waals surface area contributed by atoms with Crippen LogP contribution in [0.5, 0.6) is 11.5 Å². The number of rotatable bonds is 19. The molecule has 80 heavy (non-hydrogen) atoms. The average Bonchev–Trinajstić information content (AvgIpc) is 4.24. The maximum atomic E-state index is 13.3. The summed E-state index contributed by atoms with van der Waals surface area (Å²) < 4.78 is 12.1. The van der Waals surface area contributed by atoms with Crippen LogP contribution in [0.15, 0.2) is 181 Å². The highest BCUT2D eigenvalue weighted by molar-refractivity contribution is 8.00. The molecule has 2 N–H and O–H groups in total. The Hall–Kier alpha value is -7.28.